The van der Waals surface area contributed by atoms with Gasteiger partial charge in [-0.05, 0) is 18.2 Å². The molecule has 5 heteroatoms. The number of halogens is 1. The molecule has 0 saturated heterocycles. The van der Waals surface area contributed by atoms with Gasteiger partial charge in [0.05, 0.1) is 17.7 Å². The topological polar surface area (TPSA) is 90.3 Å². The lowest BCUT2D eigenvalue weighted by Crippen LogP contribution is -2.27. The maximum atomic E-state index is 9.67. The van der Waals surface area contributed by atoms with Gasteiger partial charge in [-0.1, -0.05) is 11.6 Å². The molecular weight excluding hydrogens is 216 g/mol. The van der Waals surface area contributed by atoms with Crippen LogP contribution in [0.15, 0.2) is 18.2 Å². The predicted octanol–water partition coefficient (Wildman–Crippen LogP) is 0.565. The van der Waals surface area contributed by atoms with Gasteiger partial charge >= 0.3 is 0 Å². The molecule has 0 aliphatic carbocycles. The van der Waals surface area contributed by atoms with Crippen molar-refractivity contribution in [1.29, 1.82) is 5.26 Å². The van der Waals surface area contributed by atoms with Gasteiger partial charge in [-0.2, -0.15) is 5.26 Å². The maximum absolute atomic E-state index is 9.67. The van der Waals surface area contributed by atoms with Crippen LogP contribution < -0.4 is 5.73 Å². The number of nitrogens with two attached hydrogens (primary N) is 1. The number of hydrogen-bond donors (Lipinski definition) is 3. The Morgan fingerprint density at radius 3 is 2.67 bits per heavy atom. The summed E-state index contributed by atoms with van der Waals surface area (Å²) in [6.45, 7) is -0.0751. The molecule has 80 valence electrons. The van der Waals surface area contributed by atoms with Crippen LogP contribution in [0.5, 0.6) is 0 Å². The van der Waals surface area contributed by atoms with Gasteiger partial charge in [-0.15, -0.1) is 0 Å². The number of aliphatic hydroxyl groups is 2. The Kier molecular flexibility index (Phi) is 4.06. The molecule has 0 fully saturated rings. The molecule has 1 aromatic rings. The number of nitrogens with zero attached hydrogens (tertiary/aromatic N) is 1. The predicted molar refractivity (Wildman–Crippen MR) is 56.2 cm³/mol. The summed E-state index contributed by atoms with van der Waals surface area (Å²) in [5.41, 5.74) is 5.90. The lowest BCUT2D eigenvalue weighted by atomic mass is 10.0. The molecular formula is C10H11ClN2O2. The fourth-order valence-electron chi connectivity index (χ4n) is 1.18. The summed E-state index contributed by atoms with van der Waals surface area (Å²) >= 11 is 5.83. The SMILES string of the molecule is N#Cc1ccc(Cl)c(C(O)C(O)CN)c1. The van der Waals surface area contributed by atoms with Crippen molar-refractivity contribution in [2.24, 2.45) is 5.73 Å². The van der Waals surface area contributed by atoms with Gasteiger partial charge in [0.1, 0.15) is 6.10 Å². The molecule has 2 atom stereocenters. The van der Waals surface area contributed by atoms with E-state index in [0.29, 0.717) is 16.1 Å². The number of nitriles is 1. The van der Waals surface area contributed by atoms with Crippen LogP contribution in [0.4, 0.5) is 0 Å². The summed E-state index contributed by atoms with van der Waals surface area (Å²) in [5.74, 6) is 0. The van der Waals surface area contributed by atoms with E-state index in [9.17, 15) is 10.2 Å². The van der Waals surface area contributed by atoms with Crippen LogP contribution in [0.1, 0.15) is 17.2 Å². The Hall–Kier alpha value is -1.12. The van der Waals surface area contributed by atoms with Crippen LogP contribution >= 0.6 is 11.6 Å². The molecule has 1 rings (SSSR count). The highest BCUT2D eigenvalue weighted by atomic mass is 35.5. The van der Waals surface area contributed by atoms with E-state index in [1.54, 1.807) is 0 Å². The molecule has 15 heavy (non-hydrogen) atoms. The molecule has 0 amide bonds. The molecule has 0 aromatic heterocycles. The molecule has 0 spiro atoms. The van der Waals surface area contributed by atoms with E-state index in [1.807, 2.05) is 6.07 Å². The van der Waals surface area contributed by atoms with Gasteiger partial charge in [0, 0.05) is 17.1 Å². The summed E-state index contributed by atoms with van der Waals surface area (Å²) in [6.07, 6.45) is -2.26. The molecule has 0 aliphatic rings. The van der Waals surface area contributed by atoms with Crippen LogP contribution in [0.3, 0.4) is 0 Å². The number of aliphatic hydroxyl groups excluding tert-OH is 2. The Balaban J connectivity index is 3.07. The summed E-state index contributed by atoms with van der Waals surface area (Å²) in [5, 5.41) is 28.0. The Bertz CT molecular complexity index is 389. The number of rotatable bonds is 3. The zero-order valence-electron chi connectivity index (χ0n) is 7.89. The van der Waals surface area contributed by atoms with Crippen molar-refractivity contribution in [3.63, 3.8) is 0 Å². The number of hydrogen-bond acceptors (Lipinski definition) is 4. The Morgan fingerprint density at radius 1 is 1.47 bits per heavy atom. The molecule has 2 unspecified atom stereocenters. The lowest BCUT2D eigenvalue weighted by molar-refractivity contribution is 0.0244. The zero-order valence-corrected chi connectivity index (χ0v) is 8.65. The lowest BCUT2D eigenvalue weighted by Gasteiger charge is -2.17. The van der Waals surface area contributed by atoms with Crippen molar-refractivity contribution < 1.29 is 10.2 Å². The van der Waals surface area contributed by atoms with Gasteiger partial charge in [-0.25, -0.2) is 0 Å². The second-order valence-electron chi connectivity index (χ2n) is 3.10. The van der Waals surface area contributed by atoms with Gasteiger partial charge in [0.25, 0.3) is 0 Å². The van der Waals surface area contributed by atoms with Crippen molar-refractivity contribution in [2.45, 2.75) is 12.2 Å². The average Bonchev–Trinajstić information content (AvgIpc) is 2.27. The first-order valence-electron chi connectivity index (χ1n) is 4.36. The third kappa shape index (κ3) is 2.67. The summed E-state index contributed by atoms with van der Waals surface area (Å²) < 4.78 is 0. The fraction of sp³-hybridized carbons (Fsp3) is 0.300. The minimum atomic E-state index is -1.17. The average molecular weight is 227 g/mol. The molecule has 0 saturated carbocycles. The molecule has 4 N–H and O–H groups in total. The van der Waals surface area contributed by atoms with Crippen LogP contribution in [0.2, 0.25) is 5.02 Å². The summed E-state index contributed by atoms with van der Waals surface area (Å²) in [4.78, 5) is 0. The van der Waals surface area contributed by atoms with E-state index in [1.165, 1.54) is 18.2 Å². The van der Waals surface area contributed by atoms with Gasteiger partial charge in [0.2, 0.25) is 0 Å². The van der Waals surface area contributed by atoms with Gasteiger partial charge in [-0.3, -0.25) is 0 Å². The standard InChI is InChI=1S/C10H11ClN2O2/c11-8-2-1-6(4-12)3-7(8)10(15)9(14)5-13/h1-3,9-10,14-15H,5,13H2. The quantitative estimate of drug-likeness (QED) is 0.703. The number of benzene rings is 1. The normalized spacial score (nSPS) is 14.3. The van der Waals surface area contributed by atoms with Crippen molar-refractivity contribution >= 4 is 11.6 Å². The van der Waals surface area contributed by atoms with Crippen molar-refractivity contribution in [3.8, 4) is 6.07 Å². The van der Waals surface area contributed by atoms with E-state index in [-0.39, 0.29) is 6.54 Å². The Morgan fingerprint density at radius 2 is 2.13 bits per heavy atom. The first-order valence-corrected chi connectivity index (χ1v) is 4.73. The highest BCUT2D eigenvalue weighted by Crippen LogP contribution is 2.26. The van der Waals surface area contributed by atoms with Crippen LogP contribution in [-0.2, 0) is 0 Å². The minimum absolute atomic E-state index is 0.0751. The molecule has 0 radical (unpaired) electrons. The van der Waals surface area contributed by atoms with Gasteiger partial charge in [0.15, 0.2) is 0 Å². The van der Waals surface area contributed by atoms with Gasteiger partial charge < -0.3 is 15.9 Å². The third-order valence-corrected chi connectivity index (χ3v) is 2.39. The van der Waals surface area contributed by atoms with E-state index in [0.717, 1.165) is 0 Å². The van der Waals surface area contributed by atoms with E-state index < -0.39 is 12.2 Å². The first-order chi connectivity index (χ1) is 7.10. The third-order valence-electron chi connectivity index (χ3n) is 2.05. The smallest absolute Gasteiger partial charge is 0.108 e. The van der Waals surface area contributed by atoms with Crippen LogP contribution in [0, 0.1) is 11.3 Å². The Labute approximate surface area is 92.5 Å². The van der Waals surface area contributed by atoms with Crippen LogP contribution in [-0.4, -0.2) is 22.9 Å². The fourth-order valence-corrected chi connectivity index (χ4v) is 1.41. The van der Waals surface area contributed by atoms with E-state index in [2.05, 4.69) is 0 Å². The second kappa shape index (κ2) is 5.10. The van der Waals surface area contributed by atoms with E-state index >= 15 is 0 Å². The van der Waals surface area contributed by atoms with Crippen LogP contribution in [0.25, 0.3) is 0 Å². The largest absolute Gasteiger partial charge is 0.389 e. The first kappa shape index (κ1) is 12.0. The van der Waals surface area contributed by atoms with Crippen molar-refractivity contribution in [1.82, 2.24) is 0 Å². The molecule has 0 heterocycles. The molecule has 4 nitrogen and oxygen atoms in total. The summed E-state index contributed by atoms with van der Waals surface area (Å²) in [6, 6.07) is 6.40. The monoisotopic (exact) mass is 226 g/mol. The zero-order chi connectivity index (χ0) is 11.4. The molecule has 1 aromatic carbocycles. The second-order valence-corrected chi connectivity index (χ2v) is 3.50. The highest BCUT2D eigenvalue weighted by molar-refractivity contribution is 6.31. The molecule has 0 bridgehead atoms. The van der Waals surface area contributed by atoms with Crippen molar-refractivity contribution in [2.75, 3.05) is 6.54 Å². The molecule has 0 aliphatic heterocycles. The van der Waals surface area contributed by atoms with Crippen molar-refractivity contribution in [3.05, 3.63) is 34.3 Å². The van der Waals surface area contributed by atoms with E-state index in [4.69, 9.17) is 22.6 Å². The minimum Gasteiger partial charge on any atom is -0.389 e. The highest BCUT2D eigenvalue weighted by Gasteiger charge is 2.19. The summed E-state index contributed by atoms with van der Waals surface area (Å²) in [7, 11) is 0. The maximum Gasteiger partial charge on any atom is 0.108 e.